The second-order valence-corrected chi connectivity index (χ2v) is 3.77. The predicted octanol–water partition coefficient (Wildman–Crippen LogP) is 0.666. The molecule has 0 unspecified atom stereocenters. The van der Waals surface area contributed by atoms with E-state index in [0.717, 1.165) is 19.3 Å². The van der Waals surface area contributed by atoms with E-state index in [0.29, 0.717) is 5.69 Å². The zero-order chi connectivity index (χ0) is 10.3. The van der Waals surface area contributed by atoms with Crippen LogP contribution in [0.1, 0.15) is 25.0 Å². The maximum atomic E-state index is 10.7. The van der Waals surface area contributed by atoms with Crippen LogP contribution in [0, 0.1) is 10.1 Å². The fourth-order valence-electron chi connectivity index (χ4n) is 1.93. The van der Waals surface area contributed by atoms with Crippen LogP contribution >= 0.6 is 0 Å². The van der Waals surface area contributed by atoms with Crippen molar-refractivity contribution in [1.82, 2.24) is 9.78 Å². The van der Waals surface area contributed by atoms with Gasteiger partial charge in [-0.2, -0.15) is 5.10 Å². The lowest BCUT2D eigenvalue weighted by Gasteiger charge is -2.37. The third-order valence-electron chi connectivity index (χ3n) is 2.83. The first-order chi connectivity index (χ1) is 6.54. The molecule has 1 aromatic rings. The van der Waals surface area contributed by atoms with Gasteiger partial charge < -0.3 is 5.73 Å². The normalized spacial score (nSPS) is 19.0. The van der Waals surface area contributed by atoms with Gasteiger partial charge in [0.2, 0.25) is 0 Å². The average Bonchev–Trinajstić information content (AvgIpc) is 2.43. The number of hydrogen-bond donors (Lipinski definition) is 1. The summed E-state index contributed by atoms with van der Waals surface area (Å²) >= 11 is 0. The fourth-order valence-corrected chi connectivity index (χ4v) is 1.93. The Kier molecular flexibility index (Phi) is 1.81. The molecule has 6 nitrogen and oxygen atoms in total. The van der Waals surface area contributed by atoms with Crippen molar-refractivity contribution < 1.29 is 4.92 Å². The van der Waals surface area contributed by atoms with Gasteiger partial charge in [0, 0.05) is 7.05 Å². The van der Waals surface area contributed by atoms with E-state index in [2.05, 4.69) is 5.10 Å². The second kappa shape index (κ2) is 2.78. The van der Waals surface area contributed by atoms with E-state index in [1.54, 1.807) is 7.05 Å². The van der Waals surface area contributed by atoms with Crippen LogP contribution in [0.15, 0.2) is 6.20 Å². The molecule has 0 spiro atoms. The van der Waals surface area contributed by atoms with Gasteiger partial charge in [-0.3, -0.25) is 14.8 Å². The molecule has 0 atom stereocenters. The SMILES string of the molecule is Cn1ncc([N+](=O)[O-])c1C1(N)CCC1. The molecule has 6 heteroatoms. The fraction of sp³-hybridized carbons (Fsp3) is 0.625. The summed E-state index contributed by atoms with van der Waals surface area (Å²) in [6, 6.07) is 0. The summed E-state index contributed by atoms with van der Waals surface area (Å²) in [5.74, 6) is 0. The second-order valence-electron chi connectivity index (χ2n) is 3.77. The molecule has 1 aromatic heterocycles. The van der Waals surface area contributed by atoms with Crippen molar-refractivity contribution in [2.75, 3.05) is 0 Å². The maximum Gasteiger partial charge on any atom is 0.312 e. The Hall–Kier alpha value is -1.43. The van der Waals surface area contributed by atoms with E-state index < -0.39 is 10.5 Å². The van der Waals surface area contributed by atoms with Gasteiger partial charge in [0.1, 0.15) is 11.9 Å². The number of rotatable bonds is 2. The van der Waals surface area contributed by atoms with Crippen molar-refractivity contribution in [3.63, 3.8) is 0 Å². The van der Waals surface area contributed by atoms with Gasteiger partial charge in [-0.1, -0.05) is 0 Å². The van der Waals surface area contributed by atoms with E-state index in [4.69, 9.17) is 5.73 Å². The van der Waals surface area contributed by atoms with Gasteiger partial charge in [0.25, 0.3) is 0 Å². The molecule has 1 heterocycles. The predicted molar refractivity (Wildman–Crippen MR) is 49.6 cm³/mol. The van der Waals surface area contributed by atoms with Gasteiger partial charge in [-0.25, -0.2) is 0 Å². The monoisotopic (exact) mass is 196 g/mol. The van der Waals surface area contributed by atoms with Gasteiger partial charge >= 0.3 is 5.69 Å². The smallest absolute Gasteiger partial charge is 0.312 e. The van der Waals surface area contributed by atoms with Crippen molar-refractivity contribution in [3.05, 3.63) is 22.0 Å². The van der Waals surface area contributed by atoms with Gasteiger partial charge in [0.05, 0.1) is 10.5 Å². The third kappa shape index (κ3) is 1.11. The van der Waals surface area contributed by atoms with E-state index in [1.165, 1.54) is 10.9 Å². The lowest BCUT2D eigenvalue weighted by molar-refractivity contribution is -0.386. The molecule has 2 rings (SSSR count). The van der Waals surface area contributed by atoms with Crippen LogP contribution in [0.3, 0.4) is 0 Å². The minimum absolute atomic E-state index is 0.0368. The van der Waals surface area contributed by atoms with Crippen LogP contribution < -0.4 is 5.73 Å². The first-order valence-corrected chi connectivity index (χ1v) is 4.50. The maximum absolute atomic E-state index is 10.7. The Morgan fingerprint density at radius 2 is 2.36 bits per heavy atom. The van der Waals surface area contributed by atoms with E-state index in [-0.39, 0.29) is 5.69 Å². The zero-order valence-electron chi connectivity index (χ0n) is 7.93. The van der Waals surface area contributed by atoms with E-state index >= 15 is 0 Å². The van der Waals surface area contributed by atoms with Crippen molar-refractivity contribution in [3.8, 4) is 0 Å². The molecule has 2 N–H and O–H groups in total. The minimum atomic E-state index is -0.534. The molecule has 0 saturated heterocycles. The van der Waals surface area contributed by atoms with Crippen LogP contribution in [0.2, 0.25) is 0 Å². The van der Waals surface area contributed by atoms with Crippen LogP contribution in [-0.4, -0.2) is 14.7 Å². The van der Waals surface area contributed by atoms with Crippen LogP contribution in [-0.2, 0) is 12.6 Å². The van der Waals surface area contributed by atoms with Gasteiger partial charge in [0.15, 0.2) is 0 Å². The summed E-state index contributed by atoms with van der Waals surface area (Å²) in [6.45, 7) is 0. The number of aryl methyl sites for hydroxylation is 1. The molecule has 1 aliphatic rings. The van der Waals surface area contributed by atoms with Crippen LogP contribution in [0.25, 0.3) is 0 Å². The van der Waals surface area contributed by atoms with E-state index in [9.17, 15) is 10.1 Å². The molecule has 1 aliphatic carbocycles. The van der Waals surface area contributed by atoms with Crippen molar-refractivity contribution in [1.29, 1.82) is 0 Å². The first kappa shape index (κ1) is 9.14. The number of nitro groups is 1. The molecule has 1 saturated carbocycles. The quantitative estimate of drug-likeness (QED) is 0.556. The summed E-state index contributed by atoms with van der Waals surface area (Å²) in [4.78, 5) is 10.3. The molecule has 0 aliphatic heterocycles. The van der Waals surface area contributed by atoms with Gasteiger partial charge in [-0.05, 0) is 19.3 Å². The Morgan fingerprint density at radius 3 is 2.79 bits per heavy atom. The number of nitrogens with zero attached hydrogens (tertiary/aromatic N) is 3. The average molecular weight is 196 g/mol. The van der Waals surface area contributed by atoms with Crippen molar-refractivity contribution in [2.24, 2.45) is 12.8 Å². The number of nitrogens with two attached hydrogens (primary N) is 1. The molecular formula is C8H12N4O2. The Bertz CT molecular complexity index is 381. The van der Waals surface area contributed by atoms with Crippen molar-refractivity contribution in [2.45, 2.75) is 24.8 Å². The van der Waals surface area contributed by atoms with Crippen LogP contribution in [0.5, 0.6) is 0 Å². The summed E-state index contributed by atoms with van der Waals surface area (Å²) < 4.78 is 1.51. The highest BCUT2D eigenvalue weighted by molar-refractivity contribution is 5.39. The van der Waals surface area contributed by atoms with Gasteiger partial charge in [-0.15, -0.1) is 0 Å². The Balaban J connectivity index is 2.49. The lowest BCUT2D eigenvalue weighted by Crippen LogP contribution is -2.45. The summed E-state index contributed by atoms with van der Waals surface area (Å²) in [7, 11) is 1.69. The topological polar surface area (TPSA) is 87.0 Å². The molecule has 76 valence electrons. The standard InChI is InChI=1S/C8H12N4O2/c1-11-7(8(9)3-2-4-8)6(5-10-11)12(13)14/h5H,2-4,9H2,1H3. The number of aromatic nitrogens is 2. The molecule has 0 bridgehead atoms. The molecule has 14 heavy (non-hydrogen) atoms. The summed E-state index contributed by atoms with van der Waals surface area (Å²) in [6.07, 6.45) is 3.89. The minimum Gasteiger partial charge on any atom is -0.320 e. The summed E-state index contributed by atoms with van der Waals surface area (Å²) in [5.41, 5.74) is 6.10. The molecule has 0 radical (unpaired) electrons. The first-order valence-electron chi connectivity index (χ1n) is 4.50. The summed E-state index contributed by atoms with van der Waals surface area (Å²) in [5, 5.41) is 14.6. The number of hydrogen-bond acceptors (Lipinski definition) is 4. The highest BCUT2D eigenvalue weighted by Gasteiger charge is 2.42. The zero-order valence-corrected chi connectivity index (χ0v) is 7.93. The Labute approximate surface area is 80.9 Å². The highest BCUT2D eigenvalue weighted by Crippen LogP contribution is 2.42. The third-order valence-corrected chi connectivity index (χ3v) is 2.83. The van der Waals surface area contributed by atoms with Crippen LogP contribution in [0.4, 0.5) is 5.69 Å². The van der Waals surface area contributed by atoms with Crippen molar-refractivity contribution >= 4 is 5.69 Å². The Morgan fingerprint density at radius 1 is 1.71 bits per heavy atom. The molecule has 0 amide bonds. The largest absolute Gasteiger partial charge is 0.320 e. The lowest BCUT2D eigenvalue weighted by atomic mass is 9.75. The molecule has 1 fully saturated rings. The highest BCUT2D eigenvalue weighted by atomic mass is 16.6. The molecule has 0 aromatic carbocycles. The molecular weight excluding hydrogens is 184 g/mol. The van der Waals surface area contributed by atoms with E-state index in [1.807, 2.05) is 0 Å².